The van der Waals surface area contributed by atoms with E-state index in [1.165, 1.54) is 44.9 Å². The van der Waals surface area contributed by atoms with Crippen LogP contribution in [-0.4, -0.2) is 86.4 Å². The van der Waals surface area contributed by atoms with Gasteiger partial charge in [-0.05, 0) is 65.2 Å². The van der Waals surface area contributed by atoms with Gasteiger partial charge in [0.25, 0.3) is 0 Å². The summed E-state index contributed by atoms with van der Waals surface area (Å²) in [5.41, 5.74) is 0. The highest BCUT2D eigenvalue weighted by molar-refractivity contribution is 7.85. The van der Waals surface area contributed by atoms with Gasteiger partial charge in [0, 0.05) is 31.6 Å². The number of nitrogens with zero attached hydrogens (tertiary/aromatic N) is 1. The predicted molar refractivity (Wildman–Crippen MR) is 204 cm³/mol. The molecule has 0 heterocycles. The Hall–Kier alpha value is -1.72. The topological polar surface area (TPSA) is 142 Å². The lowest BCUT2D eigenvalue weighted by atomic mass is 10.1. The number of unbranched alkanes of at least 4 members (excludes halogenated alkanes) is 16. The number of amides is 2. The molecule has 0 bridgehead atoms. The van der Waals surface area contributed by atoms with Crippen molar-refractivity contribution >= 4 is 27.9 Å². The van der Waals surface area contributed by atoms with Crippen molar-refractivity contribution < 1.29 is 36.6 Å². The van der Waals surface area contributed by atoms with E-state index in [1.807, 2.05) is 6.92 Å². The summed E-state index contributed by atoms with van der Waals surface area (Å²) >= 11 is 0. The highest BCUT2D eigenvalue weighted by Gasteiger charge is 2.23. The molecule has 0 aromatic heterocycles. The Morgan fingerprint density at radius 1 is 0.620 bits per heavy atom. The van der Waals surface area contributed by atoms with Crippen molar-refractivity contribution in [2.75, 3.05) is 45.1 Å². The lowest BCUT2D eigenvalue weighted by Crippen LogP contribution is -2.49. The molecule has 11 heteroatoms. The summed E-state index contributed by atoms with van der Waals surface area (Å²) < 4.78 is 39.1. The Kier molecular flexibility index (Phi) is 30.9. The molecule has 0 radical (unpaired) electrons. The first kappa shape index (κ1) is 48.3. The third-order valence-corrected chi connectivity index (χ3v) is 10.8. The Labute approximate surface area is 307 Å². The molecule has 0 fully saturated rings. The van der Waals surface area contributed by atoms with Gasteiger partial charge >= 0.3 is 5.97 Å². The van der Waals surface area contributed by atoms with Crippen molar-refractivity contribution in [1.82, 2.24) is 10.6 Å². The van der Waals surface area contributed by atoms with Crippen LogP contribution in [0, 0.1) is 0 Å². The molecule has 2 amide bonds. The van der Waals surface area contributed by atoms with E-state index in [1.54, 1.807) is 0 Å². The molecule has 0 spiro atoms. The maximum atomic E-state index is 12.7. The van der Waals surface area contributed by atoms with Crippen LogP contribution in [0.25, 0.3) is 0 Å². The van der Waals surface area contributed by atoms with Gasteiger partial charge in [-0.15, -0.1) is 0 Å². The maximum absolute atomic E-state index is 12.7. The van der Waals surface area contributed by atoms with Crippen LogP contribution in [0.15, 0.2) is 0 Å². The summed E-state index contributed by atoms with van der Waals surface area (Å²) in [6.07, 6.45) is 23.7. The van der Waals surface area contributed by atoms with Crippen LogP contribution in [0.2, 0.25) is 0 Å². The second-order valence-corrected chi connectivity index (χ2v) is 15.9. The average Bonchev–Trinajstić information content (AvgIpc) is 3.08. The monoisotopic (exact) mass is 732 g/mol. The maximum Gasteiger partial charge on any atom is 0.328 e. The van der Waals surface area contributed by atoms with Crippen LogP contribution in [-0.2, 0) is 29.2 Å². The highest BCUT2D eigenvalue weighted by atomic mass is 32.2. The zero-order valence-corrected chi connectivity index (χ0v) is 33.5. The number of rotatable bonds is 36. The van der Waals surface area contributed by atoms with E-state index in [2.05, 4.69) is 31.4 Å². The molecule has 50 heavy (non-hydrogen) atoms. The van der Waals surface area contributed by atoms with Gasteiger partial charge in [0.2, 0.25) is 11.8 Å². The van der Waals surface area contributed by atoms with E-state index < -0.39 is 16.2 Å². The summed E-state index contributed by atoms with van der Waals surface area (Å²) in [5, 5.41) is 5.90. The van der Waals surface area contributed by atoms with Gasteiger partial charge in [-0.25, -0.2) is 13.2 Å². The van der Waals surface area contributed by atoms with Crippen LogP contribution in [0.5, 0.6) is 0 Å². The molecule has 0 aromatic rings. The van der Waals surface area contributed by atoms with Crippen molar-refractivity contribution in [3.63, 3.8) is 0 Å². The lowest BCUT2D eigenvalue weighted by Gasteiger charge is -2.37. The van der Waals surface area contributed by atoms with Gasteiger partial charge in [0.15, 0.2) is 0 Å². The number of nitrogens with one attached hydrogen (secondary N) is 2. The zero-order valence-electron chi connectivity index (χ0n) is 32.7. The number of hydrogen-bond acceptors (Lipinski definition) is 7. The van der Waals surface area contributed by atoms with Crippen molar-refractivity contribution in [3.05, 3.63) is 0 Å². The highest BCUT2D eigenvalue weighted by Crippen LogP contribution is 2.15. The van der Waals surface area contributed by atoms with Crippen LogP contribution < -0.4 is 10.6 Å². The number of quaternary nitrogens is 1. The van der Waals surface area contributed by atoms with Gasteiger partial charge < -0.3 is 24.4 Å². The molecule has 1 atom stereocenters. The molecule has 2 N–H and O–H groups in total. The van der Waals surface area contributed by atoms with Crippen molar-refractivity contribution in [2.24, 2.45) is 0 Å². The SMILES string of the molecule is CCCCCCCCCCCC(=O)NCCCCC(NC(=O)CCCCCCCCCC[N+](CC)(CC)CCCS(=O)(=O)[O-])C(=O)OCCC. The van der Waals surface area contributed by atoms with Gasteiger partial charge in [-0.3, -0.25) is 9.59 Å². The largest absolute Gasteiger partial charge is 0.748 e. The van der Waals surface area contributed by atoms with E-state index >= 15 is 0 Å². The fourth-order valence-electron chi connectivity index (χ4n) is 6.54. The molecule has 0 aliphatic rings. The fraction of sp³-hybridized carbons (Fsp3) is 0.923. The Morgan fingerprint density at radius 2 is 1.12 bits per heavy atom. The quantitative estimate of drug-likeness (QED) is 0.0289. The first-order chi connectivity index (χ1) is 24.0. The first-order valence-corrected chi connectivity index (χ1v) is 22.1. The number of carbonyl (C=O) groups is 3. The van der Waals surface area contributed by atoms with Gasteiger partial charge in [0.1, 0.15) is 6.04 Å². The molecule has 0 aliphatic heterocycles. The fourth-order valence-corrected chi connectivity index (χ4v) is 7.03. The third-order valence-electron chi connectivity index (χ3n) is 9.97. The van der Waals surface area contributed by atoms with Gasteiger partial charge in [-0.1, -0.05) is 97.3 Å². The molecule has 1 unspecified atom stereocenters. The molecule has 10 nitrogen and oxygen atoms in total. The van der Waals surface area contributed by atoms with Crippen molar-refractivity contribution in [1.29, 1.82) is 0 Å². The van der Waals surface area contributed by atoms with Crippen LogP contribution in [0.1, 0.15) is 182 Å². The number of esters is 1. The smallest absolute Gasteiger partial charge is 0.328 e. The zero-order chi connectivity index (χ0) is 37.4. The van der Waals surface area contributed by atoms with E-state index in [4.69, 9.17) is 4.74 Å². The molecular formula is C39H77N3O7S. The Bertz CT molecular complexity index is 957. The minimum Gasteiger partial charge on any atom is -0.748 e. The predicted octanol–water partition coefficient (Wildman–Crippen LogP) is 7.93. The molecule has 0 aromatic carbocycles. The second kappa shape index (κ2) is 32.0. The van der Waals surface area contributed by atoms with E-state index in [0.717, 1.165) is 108 Å². The van der Waals surface area contributed by atoms with Gasteiger partial charge in [0.05, 0.1) is 42.9 Å². The Morgan fingerprint density at radius 3 is 1.64 bits per heavy atom. The summed E-state index contributed by atoms with van der Waals surface area (Å²) in [6, 6.07) is -0.649. The molecular weight excluding hydrogens is 655 g/mol. The lowest BCUT2D eigenvalue weighted by molar-refractivity contribution is -0.925. The van der Waals surface area contributed by atoms with E-state index in [-0.39, 0.29) is 23.5 Å². The number of hydrogen-bond donors (Lipinski definition) is 2. The molecule has 296 valence electrons. The number of carbonyl (C=O) groups excluding carboxylic acids is 3. The normalized spacial score (nSPS) is 12.5. The molecule has 0 aliphatic carbocycles. The minimum absolute atomic E-state index is 0.0941. The summed E-state index contributed by atoms with van der Waals surface area (Å²) in [5.74, 6) is -0.669. The second-order valence-electron chi connectivity index (χ2n) is 14.3. The standard InChI is InChI=1S/C39H77N3O7S/c1-5-9-10-11-12-13-16-19-22-29-37(43)40-31-25-24-28-36(39(45)49-34-6-2)41-38(44)30-23-20-17-14-15-18-21-26-32-42(7-3,8-4)33-27-35-50(46,47)48/h36H,5-35H2,1-4H3,(H2-,40,41,43,44,46,47,48). The van der Waals surface area contributed by atoms with E-state index in [0.29, 0.717) is 45.3 Å². The van der Waals surface area contributed by atoms with E-state index in [9.17, 15) is 27.4 Å². The van der Waals surface area contributed by atoms with Crippen LogP contribution >= 0.6 is 0 Å². The van der Waals surface area contributed by atoms with Crippen LogP contribution in [0.4, 0.5) is 0 Å². The summed E-state index contributed by atoms with van der Waals surface area (Å²) in [6.45, 7) is 13.0. The number of ether oxygens (including phenoxy) is 1. The summed E-state index contributed by atoms with van der Waals surface area (Å²) in [4.78, 5) is 37.5. The van der Waals surface area contributed by atoms with Crippen molar-refractivity contribution in [3.8, 4) is 0 Å². The van der Waals surface area contributed by atoms with Gasteiger partial charge in [-0.2, -0.15) is 0 Å². The molecule has 0 saturated heterocycles. The summed E-state index contributed by atoms with van der Waals surface area (Å²) in [7, 11) is -4.15. The first-order valence-electron chi connectivity index (χ1n) is 20.5. The third kappa shape index (κ3) is 28.9. The molecule has 0 rings (SSSR count). The van der Waals surface area contributed by atoms with Crippen molar-refractivity contribution in [2.45, 2.75) is 188 Å². The molecule has 0 saturated carbocycles. The average molecular weight is 732 g/mol. The Balaban J connectivity index is 4.13. The van der Waals surface area contributed by atoms with Crippen LogP contribution in [0.3, 0.4) is 0 Å². The minimum atomic E-state index is -4.15.